The molecule has 0 saturated carbocycles. The first-order valence-corrected chi connectivity index (χ1v) is 7.14. The van der Waals surface area contributed by atoms with Gasteiger partial charge in [0.1, 0.15) is 10.6 Å². The summed E-state index contributed by atoms with van der Waals surface area (Å²) in [5.41, 5.74) is -1.56. The first-order valence-electron chi connectivity index (χ1n) is 5.70. The van der Waals surface area contributed by atoms with E-state index in [2.05, 4.69) is 10.4 Å². The van der Waals surface area contributed by atoms with Crippen molar-refractivity contribution >= 4 is 10.0 Å². The molecule has 1 unspecified atom stereocenters. The molecule has 0 aromatic carbocycles. The molecule has 18 heavy (non-hydrogen) atoms. The van der Waals surface area contributed by atoms with Crippen LogP contribution in [-0.2, 0) is 17.1 Å². The molecule has 1 atom stereocenters. The highest BCUT2D eigenvalue weighted by Crippen LogP contribution is 2.20. The van der Waals surface area contributed by atoms with Gasteiger partial charge in [-0.3, -0.25) is 4.68 Å². The minimum Gasteiger partial charge on any atom is -0.312 e. The monoisotopic (exact) mass is 276 g/mol. The Morgan fingerprint density at radius 1 is 1.56 bits per heavy atom. The fourth-order valence-electron chi connectivity index (χ4n) is 1.94. The van der Waals surface area contributed by atoms with E-state index in [1.165, 1.54) is 28.3 Å². The minimum atomic E-state index is -3.67. The zero-order valence-electron chi connectivity index (χ0n) is 10.4. The maximum absolute atomic E-state index is 14.0. The zero-order chi connectivity index (χ0) is 13.4. The summed E-state index contributed by atoms with van der Waals surface area (Å²) >= 11 is 0. The van der Waals surface area contributed by atoms with Crippen LogP contribution in [-0.4, -0.2) is 54.4 Å². The first kappa shape index (κ1) is 13.4. The van der Waals surface area contributed by atoms with E-state index in [-0.39, 0.29) is 24.5 Å². The van der Waals surface area contributed by atoms with Crippen LogP contribution in [0.25, 0.3) is 0 Å². The van der Waals surface area contributed by atoms with Gasteiger partial charge in [0.05, 0.1) is 6.20 Å². The van der Waals surface area contributed by atoms with Crippen LogP contribution in [0.3, 0.4) is 0 Å². The molecule has 0 radical (unpaired) electrons. The second kappa shape index (κ2) is 4.60. The molecule has 2 rings (SSSR count). The normalized spacial score (nSPS) is 27.1. The maximum Gasteiger partial charge on any atom is 0.246 e. The van der Waals surface area contributed by atoms with Crippen molar-refractivity contribution in [1.29, 1.82) is 0 Å². The van der Waals surface area contributed by atoms with E-state index in [9.17, 15) is 12.8 Å². The Hall–Kier alpha value is -0.990. The summed E-state index contributed by atoms with van der Waals surface area (Å²) in [7, 11) is -2.02. The number of nitrogens with zero attached hydrogens (tertiary/aromatic N) is 3. The molecule has 0 spiro atoms. The zero-order valence-corrected chi connectivity index (χ0v) is 11.2. The van der Waals surface area contributed by atoms with Gasteiger partial charge in [-0.25, -0.2) is 12.8 Å². The van der Waals surface area contributed by atoms with E-state index < -0.39 is 15.7 Å². The maximum atomic E-state index is 14.0. The van der Waals surface area contributed by atoms with Crippen LogP contribution in [0.15, 0.2) is 17.3 Å². The van der Waals surface area contributed by atoms with Crippen molar-refractivity contribution in [3.05, 3.63) is 12.4 Å². The van der Waals surface area contributed by atoms with Crippen LogP contribution in [0.4, 0.5) is 4.39 Å². The summed E-state index contributed by atoms with van der Waals surface area (Å²) in [6.07, 6.45) is 2.70. The molecule has 8 heteroatoms. The highest BCUT2D eigenvalue weighted by Gasteiger charge is 2.35. The third-order valence-electron chi connectivity index (χ3n) is 2.86. The Kier molecular flexibility index (Phi) is 3.43. The van der Waals surface area contributed by atoms with E-state index in [0.29, 0.717) is 6.54 Å². The predicted octanol–water partition coefficient (Wildman–Crippen LogP) is -0.258. The van der Waals surface area contributed by atoms with Crippen molar-refractivity contribution < 1.29 is 12.8 Å². The SMILES string of the molecule is Cn1cc(S(=O)(=O)N2CCNCC(C)(F)C2)cn1. The molecular formula is C10H17FN4O2S. The molecule has 1 fully saturated rings. The molecule has 2 heterocycles. The summed E-state index contributed by atoms with van der Waals surface area (Å²) in [6, 6.07) is 0. The van der Waals surface area contributed by atoms with Gasteiger partial charge in [0.15, 0.2) is 0 Å². The molecule has 6 nitrogen and oxygen atoms in total. The van der Waals surface area contributed by atoms with Gasteiger partial charge < -0.3 is 5.32 Å². The average molecular weight is 276 g/mol. The standard InChI is InChI=1S/C10H17FN4O2S/c1-10(11)7-12-3-4-15(8-10)18(16,17)9-5-13-14(2)6-9/h5-6,12H,3-4,7-8H2,1-2H3. The van der Waals surface area contributed by atoms with Gasteiger partial charge in [-0.05, 0) is 6.92 Å². The lowest BCUT2D eigenvalue weighted by atomic mass is 10.1. The van der Waals surface area contributed by atoms with E-state index in [1.54, 1.807) is 7.05 Å². The van der Waals surface area contributed by atoms with Crippen LogP contribution in [0.1, 0.15) is 6.92 Å². The summed E-state index contributed by atoms with van der Waals surface area (Å²) in [4.78, 5) is 0.0997. The smallest absolute Gasteiger partial charge is 0.246 e. The third kappa shape index (κ3) is 2.70. The van der Waals surface area contributed by atoms with Crippen LogP contribution in [0.2, 0.25) is 0 Å². The topological polar surface area (TPSA) is 67.2 Å². The van der Waals surface area contributed by atoms with Crippen molar-refractivity contribution in [3.8, 4) is 0 Å². The van der Waals surface area contributed by atoms with E-state index in [1.807, 2.05) is 0 Å². The van der Waals surface area contributed by atoms with Crippen LogP contribution in [0, 0.1) is 0 Å². The largest absolute Gasteiger partial charge is 0.312 e. The van der Waals surface area contributed by atoms with Gasteiger partial charge in [0, 0.05) is 39.4 Å². The molecule has 1 aromatic rings. The Balaban J connectivity index is 2.29. The van der Waals surface area contributed by atoms with Crippen molar-refractivity contribution in [2.24, 2.45) is 7.05 Å². The number of hydrogen-bond donors (Lipinski definition) is 1. The van der Waals surface area contributed by atoms with Crippen LogP contribution >= 0.6 is 0 Å². The quantitative estimate of drug-likeness (QED) is 0.808. The third-order valence-corrected chi connectivity index (χ3v) is 4.65. The van der Waals surface area contributed by atoms with Crippen LogP contribution < -0.4 is 5.32 Å². The molecule has 0 amide bonds. The molecule has 1 aliphatic heterocycles. The van der Waals surface area contributed by atoms with E-state index in [4.69, 9.17) is 0 Å². The van der Waals surface area contributed by atoms with Gasteiger partial charge >= 0.3 is 0 Å². The van der Waals surface area contributed by atoms with Gasteiger partial charge in [-0.15, -0.1) is 0 Å². The van der Waals surface area contributed by atoms with Gasteiger partial charge in [-0.2, -0.15) is 9.40 Å². The fourth-order valence-corrected chi connectivity index (χ4v) is 3.48. The second-order valence-electron chi connectivity index (χ2n) is 4.78. The predicted molar refractivity (Wildman–Crippen MR) is 64.3 cm³/mol. The molecule has 1 aliphatic rings. The Morgan fingerprint density at radius 2 is 2.28 bits per heavy atom. The lowest BCUT2D eigenvalue weighted by molar-refractivity contribution is 0.166. The summed E-state index contributed by atoms with van der Waals surface area (Å²) < 4.78 is 41.3. The number of sulfonamides is 1. The molecular weight excluding hydrogens is 259 g/mol. The van der Waals surface area contributed by atoms with Gasteiger partial charge in [-0.1, -0.05) is 0 Å². The molecule has 102 valence electrons. The molecule has 1 N–H and O–H groups in total. The summed E-state index contributed by atoms with van der Waals surface area (Å²) in [5.74, 6) is 0. The second-order valence-corrected chi connectivity index (χ2v) is 6.72. The average Bonchev–Trinajstić information content (AvgIpc) is 2.61. The molecule has 1 saturated heterocycles. The number of aryl methyl sites for hydroxylation is 1. The molecule has 0 aliphatic carbocycles. The molecule has 0 bridgehead atoms. The Labute approximate surface area is 106 Å². The number of nitrogens with one attached hydrogen (secondary N) is 1. The summed E-state index contributed by atoms with van der Waals surface area (Å²) in [5, 5.41) is 6.73. The van der Waals surface area contributed by atoms with Gasteiger partial charge in [0.25, 0.3) is 0 Å². The number of halogens is 1. The highest BCUT2D eigenvalue weighted by atomic mass is 32.2. The molecule has 1 aromatic heterocycles. The highest BCUT2D eigenvalue weighted by molar-refractivity contribution is 7.89. The van der Waals surface area contributed by atoms with E-state index >= 15 is 0 Å². The number of aromatic nitrogens is 2. The van der Waals surface area contributed by atoms with Crippen molar-refractivity contribution in [3.63, 3.8) is 0 Å². The van der Waals surface area contributed by atoms with E-state index in [0.717, 1.165) is 0 Å². The van der Waals surface area contributed by atoms with Crippen molar-refractivity contribution in [2.75, 3.05) is 26.2 Å². The lowest BCUT2D eigenvalue weighted by Gasteiger charge is -2.24. The van der Waals surface area contributed by atoms with Crippen LogP contribution in [0.5, 0.6) is 0 Å². The fraction of sp³-hybridized carbons (Fsp3) is 0.700. The number of hydrogen-bond acceptors (Lipinski definition) is 4. The summed E-state index contributed by atoms with van der Waals surface area (Å²) in [6.45, 7) is 2.12. The first-order chi connectivity index (χ1) is 8.31. The Morgan fingerprint density at radius 3 is 2.89 bits per heavy atom. The minimum absolute atomic E-state index is 0.0997. The number of alkyl halides is 1. The van der Waals surface area contributed by atoms with Crippen molar-refractivity contribution in [1.82, 2.24) is 19.4 Å². The van der Waals surface area contributed by atoms with Crippen molar-refractivity contribution in [2.45, 2.75) is 17.5 Å². The Bertz CT molecular complexity index is 526. The number of rotatable bonds is 2. The lowest BCUT2D eigenvalue weighted by Crippen LogP contribution is -2.42. The van der Waals surface area contributed by atoms with Gasteiger partial charge in [0.2, 0.25) is 10.0 Å².